The first-order valence-corrected chi connectivity index (χ1v) is 7.46. The number of rotatable bonds is 3. The van der Waals surface area contributed by atoms with Crippen molar-refractivity contribution in [2.24, 2.45) is 0 Å². The summed E-state index contributed by atoms with van der Waals surface area (Å²) in [5.41, 5.74) is 7.77. The topological polar surface area (TPSA) is 60.0 Å². The van der Waals surface area contributed by atoms with E-state index >= 15 is 0 Å². The van der Waals surface area contributed by atoms with Gasteiger partial charge in [-0.3, -0.25) is 4.57 Å². The summed E-state index contributed by atoms with van der Waals surface area (Å²) in [6, 6.07) is 2.24. The third-order valence-corrected chi connectivity index (χ3v) is 4.12. The molecule has 0 amide bonds. The third kappa shape index (κ3) is 2.47. The second-order valence-electron chi connectivity index (χ2n) is 5.19. The van der Waals surface area contributed by atoms with E-state index in [9.17, 15) is 0 Å². The Morgan fingerprint density at radius 2 is 2.16 bits per heavy atom. The predicted octanol–water partition coefficient (Wildman–Crippen LogP) is 2.43. The number of halogens is 1. The molecule has 1 saturated heterocycles. The van der Waals surface area contributed by atoms with Crippen LogP contribution in [0.1, 0.15) is 25.8 Å². The first-order valence-electron chi connectivity index (χ1n) is 6.66. The summed E-state index contributed by atoms with van der Waals surface area (Å²) in [6.45, 7) is 5.57. The quantitative estimate of drug-likeness (QED) is 0.942. The monoisotopic (exact) mass is 323 g/mol. The molecule has 2 aromatic rings. The number of nitrogens with zero attached hydrogens (tertiary/aromatic N) is 4. The molecule has 0 spiro atoms. The van der Waals surface area contributed by atoms with Crippen LogP contribution >= 0.6 is 15.9 Å². The Balaban J connectivity index is 1.92. The number of nitrogens with two attached hydrogens (primary N) is 1. The lowest BCUT2D eigenvalue weighted by Crippen LogP contribution is -2.27. The van der Waals surface area contributed by atoms with Crippen LogP contribution in [0.4, 0.5) is 5.95 Å². The maximum atomic E-state index is 6.06. The Labute approximate surface area is 120 Å². The fraction of sp³-hybridized carbons (Fsp3) is 0.538. The summed E-state index contributed by atoms with van der Waals surface area (Å²) in [7, 11) is 0. The van der Waals surface area contributed by atoms with Crippen molar-refractivity contribution < 1.29 is 0 Å². The molecule has 5 nitrogen and oxygen atoms in total. The van der Waals surface area contributed by atoms with Crippen LogP contribution in [0.3, 0.4) is 0 Å². The van der Waals surface area contributed by atoms with Gasteiger partial charge in [-0.05, 0) is 54.9 Å². The number of hydrogen-bond acceptors (Lipinski definition) is 4. The highest BCUT2D eigenvalue weighted by molar-refractivity contribution is 9.10. The van der Waals surface area contributed by atoms with Gasteiger partial charge in [-0.2, -0.15) is 0 Å². The lowest BCUT2D eigenvalue weighted by molar-refractivity contribution is 0.291. The summed E-state index contributed by atoms with van der Waals surface area (Å²) in [4.78, 5) is 11.3. The van der Waals surface area contributed by atoms with Crippen LogP contribution in [0.5, 0.6) is 0 Å². The number of likely N-dealkylation sites (tertiary alicyclic amines) is 1. The van der Waals surface area contributed by atoms with E-state index in [1.165, 1.54) is 25.9 Å². The number of anilines is 1. The molecule has 3 heterocycles. The van der Waals surface area contributed by atoms with Crippen molar-refractivity contribution in [3.63, 3.8) is 0 Å². The molecule has 1 aliphatic heterocycles. The molecule has 1 aliphatic rings. The van der Waals surface area contributed by atoms with E-state index < -0.39 is 0 Å². The maximum Gasteiger partial charge on any atom is 0.202 e. The van der Waals surface area contributed by atoms with Gasteiger partial charge in [-0.1, -0.05) is 0 Å². The van der Waals surface area contributed by atoms with Gasteiger partial charge in [0.15, 0.2) is 5.65 Å². The molecule has 0 radical (unpaired) electrons. The Kier molecular flexibility index (Phi) is 3.45. The molecule has 1 atom stereocenters. The van der Waals surface area contributed by atoms with Crippen molar-refractivity contribution in [2.45, 2.75) is 25.8 Å². The lowest BCUT2D eigenvalue weighted by Gasteiger charge is -2.22. The third-order valence-electron chi connectivity index (χ3n) is 3.69. The first-order chi connectivity index (χ1) is 9.15. The van der Waals surface area contributed by atoms with Crippen LogP contribution in [0.15, 0.2) is 16.7 Å². The second kappa shape index (κ2) is 5.09. The second-order valence-corrected chi connectivity index (χ2v) is 6.11. The normalized spacial score (nSPS) is 18.2. The Hall–Kier alpha value is -1.14. The fourth-order valence-corrected chi connectivity index (χ4v) is 3.15. The van der Waals surface area contributed by atoms with Gasteiger partial charge in [0.05, 0.1) is 0 Å². The molecule has 1 unspecified atom stereocenters. The van der Waals surface area contributed by atoms with Gasteiger partial charge in [0.1, 0.15) is 5.52 Å². The molecule has 1 fully saturated rings. The van der Waals surface area contributed by atoms with Crippen molar-refractivity contribution in [3.8, 4) is 0 Å². The van der Waals surface area contributed by atoms with Crippen LogP contribution in [-0.4, -0.2) is 39.1 Å². The fourth-order valence-electron chi connectivity index (χ4n) is 2.83. The van der Waals surface area contributed by atoms with Crippen molar-refractivity contribution >= 4 is 33.0 Å². The van der Waals surface area contributed by atoms with Crippen LogP contribution < -0.4 is 5.73 Å². The Morgan fingerprint density at radius 1 is 1.42 bits per heavy atom. The van der Waals surface area contributed by atoms with Crippen LogP contribution in [-0.2, 0) is 0 Å². The Bertz CT molecular complexity index is 588. The number of fused-ring (bicyclic) bond motifs is 1. The average Bonchev–Trinajstić information content (AvgIpc) is 2.95. The van der Waals surface area contributed by atoms with Crippen molar-refractivity contribution in [1.82, 2.24) is 19.4 Å². The number of pyridine rings is 1. The van der Waals surface area contributed by atoms with Gasteiger partial charge in [-0.25, -0.2) is 9.97 Å². The highest BCUT2D eigenvalue weighted by Crippen LogP contribution is 2.24. The average molecular weight is 324 g/mol. The standard InChI is InChI=1S/C13H18BrN5/c1-9(8-18-4-2-3-5-18)19-12-11(17-13(19)15)6-10(14)7-16-12/h6-7,9H,2-5,8H2,1H3,(H2,15,17). The van der Waals surface area contributed by atoms with E-state index in [0.717, 1.165) is 22.2 Å². The van der Waals surface area contributed by atoms with E-state index in [2.05, 4.69) is 37.7 Å². The van der Waals surface area contributed by atoms with E-state index in [0.29, 0.717) is 5.95 Å². The first kappa shape index (κ1) is 12.9. The van der Waals surface area contributed by atoms with Gasteiger partial charge in [0, 0.05) is 23.3 Å². The largest absolute Gasteiger partial charge is 0.369 e. The minimum Gasteiger partial charge on any atom is -0.369 e. The molecule has 102 valence electrons. The summed E-state index contributed by atoms with van der Waals surface area (Å²) in [6.07, 6.45) is 4.40. The molecule has 2 aromatic heterocycles. The molecular formula is C13H18BrN5. The van der Waals surface area contributed by atoms with E-state index in [1.54, 1.807) is 6.20 Å². The van der Waals surface area contributed by atoms with Gasteiger partial charge < -0.3 is 10.6 Å². The molecule has 2 N–H and O–H groups in total. The summed E-state index contributed by atoms with van der Waals surface area (Å²) >= 11 is 3.41. The van der Waals surface area contributed by atoms with E-state index in [4.69, 9.17) is 5.73 Å². The maximum absolute atomic E-state index is 6.06. The van der Waals surface area contributed by atoms with Crippen molar-refractivity contribution in [2.75, 3.05) is 25.4 Å². The zero-order chi connectivity index (χ0) is 13.4. The number of hydrogen-bond donors (Lipinski definition) is 1. The minimum absolute atomic E-state index is 0.289. The summed E-state index contributed by atoms with van der Waals surface area (Å²) in [5.74, 6) is 0.548. The predicted molar refractivity (Wildman–Crippen MR) is 80.0 cm³/mol. The molecular weight excluding hydrogens is 306 g/mol. The molecule has 0 bridgehead atoms. The lowest BCUT2D eigenvalue weighted by atomic mass is 10.3. The SMILES string of the molecule is CC(CN1CCCC1)n1c(N)nc2cc(Br)cnc21. The minimum atomic E-state index is 0.289. The summed E-state index contributed by atoms with van der Waals surface area (Å²) < 4.78 is 2.97. The smallest absolute Gasteiger partial charge is 0.202 e. The number of aromatic nitrogens is 3. The van der Waals surface area contributed by atoms with E-state index in [1.807, 2.05) is 10.6 Å². The van der Waals surface area contributed by atoms with E-state index in [-0.39, 0.29) is 6.04 Å². The van der Waals surface area contributed by atoms with Crippen molar-refractivity contribution in [3.05, 3.63) is 16.7 Å². The van der Waals surface area contributed by atoms with Crippen LogP contribution in [0, 0.1) is 0 Å². The molecule has 0 aromatic carbocycles. The van der Waals surface area contributed by atoms with Crippen molar-refractivity contribution in [1.29, 1.82) is 0 Å². The number of imidazole rings is 1. The number of nitrogen functional groups attached to an aromatic ring is 1. The molecule has 0 saturated carbocycles. The zero-order valence-electron chi connectivity index (χ0n) is 11.0. The zero-order valence-corrected chi connectivity index (χ0v) is 12.6. The van der Waals surface area contributed by atoms with Gasteiger partial charge >= 0.3 is 0 Å². The molecule has 19 heavy (non-hydrogen) atoms. The molecule has 6 heteroatoms. The molecule has 3 rings (SSSR count). The molecule has 0 aliphatic carbocycles. The van der Waals surface area contributed by atoms with Gasteiger partial charge in [0.25, 0.3) is 0 Å². The highest BCUT2D eigenvalue weighted by Gasteiger charge is 2.19. The van der Waals surface area contributed by atoms with Crippen LogP contribution in [0.25, 0.3) is 11.2 Å². The van der Waals surface area contributed by atoms with Gasteiger partial charge in [-0.15, -0.1) is 0 Å². The summed E-state index contributed by atoms with van der Waals surface area (Å²) in [5, 5.41) is 0. The van der Waals surface area contributed by atoms with Gasteiger partial charge in [0.2, 0.25) is 5.95 Å². The van der Waals surface area contributed by atoms with Crippen LogP contribution in [0.2, 0.25) is 0 Å². The highest BCUT2D eigenvalue weighted by atomic mass is 79.9. The Morgan fingerprint density at radius 3 is 2.89 bits per heavy atom.